The average Bonchev–Trinajstić information content (AvgIpc) is 2.35. The van der Waals surface area contributed by atoms with E-state index in [-0.39, 0.29) is 5.91 Å². The van der Waals surface area contributed by atoms with Crippen molar-refractivity contribution in [2.24, 2.45) is 0 Å². The van der Waals surface area contributed by atoms with Gasteiger partial charge in [-0.3, -0.25) is 4.79 Å². The van der Waals surface area contributed by atoms with E-state index < -0.39 is 0 Å². The van der Waals surface area contributed by atoms with E-state index in [1.54, 1.807) is 6.08 Å². The molecule has 0 saturated heterocycles. The normalized spacial score (nSPS) is 12.6. The van der Waals surface area contributed by atoms with Crippen molar-refractivity contribution in [2.45, 2.75) is 45.6 Å². The average molecular weight is 238 g/mol. The summed E-state index contributed by atoms with van der Waals surface area (Å²) in [6, 6.07) is 0.551. The molecular formula is C14H26N2O. The highest BCUT2D eigenvalue weighted by Gasteiger charge is 2.04. The molecule has 3 nitrogen and oxygen atoms in total. The fourth-order valence-electron chi connectivity index (χ4n) is 1.55. The topological polar surface area (TPSA) is 41.1 Å². The first-order chi connectivity index (χ1) is 8.15. The molecule has 98 valence electrons. The summed E-state index contributed by atoms with van der Waals surface area (Å²) in [5.41, 5.74) is 0.535. The fourth-order valence-corrected chi connectivity index (χ4v) is 1.55. The Balaban J connectivity index is 3.71. The van der Waals surface area contributed by atoms with Crippen LogP contribution in [-0.4, -0.2) is 25.5 Å². The van der Waals surface area contributed by atoms with Gasteiger partial charge in [0.1, 0.15) is 0 Å². The van der Waals surface area contributed by atoms with Crippen LogP contribution in [0.15, 0.2) is 24.3 Å². The van der Waals surface area contributed by atoms with Gasteiger partial charge in [0.05, 0.1) is 0 Å². The van der Waals surface area contributed by atoms with Crippen LogP contribution in [0.2, 0.25) is 0 Å². The van der Waals surface area contributed by atoms with E-state index in [2.05, 4.69) is 24.1 Å². The maximum Gasteiger partial charge on any atom is 0.250 e. The molecule has 0 aromatic rings. The van der Waals surface area contributed by atoms with Crippen molar-refractivity contribution in [2.75, 3.05) is 13.6 Å². The summed E-state index contributed by atoms with van der Waals surface area (Å²) in [7, 11) is 1.98. The second-order valence-corrected chi connectivity index (χ2v) is 4.13. The maximum absolute atomic E-state index is 11.6. The van der Waals surface area contributed by atoms with Crippen molar-refractivity contribution in [1.29, 1.82) is 0 Å². The molecule has 0 radical (unpaired) electrons. The lowest BCUT2D eigenvalue weighted by molar-refractivity contribution is -0.117. The van der Waals surface area contributed by atoms with Gasteiger partial charge in [-0.15, -0.1) is 0 Å². The van der Waals surface area contributed by atoms with Gasteiger partial charge in [0.25, 0.3) is 5.91 Å². The van der Waals surface area contributed by atoms with Crippen LogP contribution in [-0.2, 0) is 4.79 Å². The van der Waals surface area contributed by atoms with E-state index in [0.29, 0.717) is 11.6 Å². The lowest BCUT2D eigenvalue weighted by Gasteiger charge is -2.13. The summed E-state index contributed by atoms with van der Waals surface area (Å²) in [5, 5.41) is 6.13. The Labute approximate surface area is 105 Å². The highest BCUT2D eigenvalue weighted by atomic mass is 16.1. The van der Waals surface area contributed by atoms with Crippen LogP contribution in [0, 0.1) is 0 Å². The lowest BCUT2D eigenvalue weighted by Crippen LogP contribution is -2.28. The van der Waals surface area contributed by atoms with Gasteiger partial charge in [-0.05, 0) is 32.7 Å². The zero-order valence-corrected chi connectivity index (χ0v) is 11.4. The summed E-state index contributed by atoms with van der Waals surface area (Å²) in [5.74, 6) is -0.0628. The fraction of sp³-hybridized carbons (Fsp3) is 0.643. The molecule has 0 saturated carbocycles. The third kappa shape index (κ3) is 7.75. The minimum atomic E-state index is -0.0628. The molecule has 1 atom stereocenters. The summed E-state index contributed by atoms with van der Waals surface area (Å²) in [6.45, 7) is 8.64. The molecular weight excluding hydrogens is 212 g/mol. The van der Waals surface area contributed by atoms with Gasteiger partial charge in [0.2, 0.25) is 0 Å². The number of carbonyl (C=O) groups is 1. The summed E-state index contributed by atoms with van der Waals surface area (Å²) >= 11 is 0. The smallest absolute Gasteiger partial charge is 0.250 e. The zero-order chi connectivity index (χ0) is 13.1. The second-order valence-electron chi connectivity index (χ2n) is 4.13. The van der Waals surface area contributed by atoms with Crippen LogP contribution >= 0.6 is 0 Å². The molecule has 0 heterocycles. The van der Waals surface area contributed by atoms with Gasteiger partial charge in [-0.25, -0.2) is 0 Å². The predicted molar refractivity (Wildman–Crippen MR) is 74.0 cm³/mol. The Morgan fingerprint density at radius 2 is 2.12 bits per heavy atom. The molecule has 0 aromatic carbocycles. The van der Waals surface area contributed by atoms with Crippen molar-refractivity contribution in [3.05, 3.63) is 24.3 Å². The number of amides is 1. The Kier molecular flexibility index (Phi) is 9.44. The van der Waals surface area contributed by atoms with Gasteiger partial charge < -0.3 is 10.6 Å². The SMILES string of the molecule is C=C(/C=C\CC)C(=O)NCCC[C@H](CC)NC. The van der Waals surface area contributed by atoms with Gasteiger partial charge in [0, 0.05) is 18.2 Å². The third-order valence-electron chi connectivity index (χ3n) is 2.76. The first-order valence-corrected chi connectivity index (χ1v) is 6.46. The van der Waals surface area contributed by atoms with E-state index >= 15 is 0 Å². The molecule has 0 spiro atoms. The third-order valence-corrected chi connectivity index (χ3v) is 2.76. The van der Waals surface area contributed by atoms with E-state index in [0.717, 1.165) is 32.2 Å². The van der Waals surface area contributed by atoms with Crippen LogP contribution in [0.3, 0.4) is 0 Å². The second kappa shape index (κ2) is 10.1. The molecule has 0 aliphatic heterocycles. The minimum Gasteiger partial charge on any atom is -0.352 e. The van der Waals surface area contributed by atoms with Crippen LogP contribution in [0.1, 0.15) is 39.5 Å². The Hall–Kier alpha value is -1.09. The van der Waals surface area contributed by atoms with Crippen molar-refractivity contribution < 1.29 is 4.79 Å². The highest BCUT2D eigenvalue weighted by Crippen LogP contribution is 2.00. The first-order valence-electron chi connectivity index (χ1n) is 6.46. The molecule has 17 heavy (non-hydrogen) atoms. The van der Waals surface area contributed by atoms with Crippen LogP contribution in [0.25, 0.3) is 0 Å². The quantitative estimate of drug-likeness (QED) is 0.368. The van der Waals surface area contributed by atoms with Gasteiger partial charge in [-0.2, -0.15) is 0 Å². The van der Waals surface area contributed by atoms with Gasteiger partial charge >= 0.3 is 0 Å². The molecule has 0 aliphatic rings. The monoisotopic (exact) mass is 238 g/mol. The van der Waals surface area contributed by atoms with E-state index in [1.807, 2.05) is 20.0 Å². The molecule has 0 fully saturated rings. The lowest BCUT2D eigenvalue weighted by atomic mass is 10.1. The summed E-state index contributed by atoms with van der Waals surface area (Å²) in [6.07, 6.45) is 7.84. The molecule has 0 bridgehead atoms. The Bertz CT molecular complexity index is 255. The molecule has 0 unspecified atom stereocenters. The van der Waals surface area contributed by atoms with Gasteiger partial charge in [0.15, 0.2) is 0 Å². The molecule has 0 aliphatic carbocycles. The minimum absolute atomic E-state index is 0.0628. The largest absolute Gasteiger partial charge is 0.352 e. The van der Waals surface area contributed by atoms with Crippen molar-refractivity contribution in [3.63, 3.8) is 0 Å². The van der Waals surface area contributed by atoms with E-state index in [1.165, 1.54) is 0 Å². The molecule has 2 N–H and O–H groups in total. The van der Waals surface area contributed by atoms with Crippen LogP contribution in [0.5, 0.6) is 0 Å². The Morgan fingerprint density at radius 3 is 2.65 bits per heavy atom. The number of carbonyl (C=O) groups excluding carboxylic acids is 1. The predicted octanol–water partition coefficient (Wildman–Crippen LogP) is 2.40. The Morgan fingerprint density at radius 1 is 1.41 bits per heavy atom. The molecule has 0 aromatic heterocycles. The molecule has 1 amide bonds. The number of hydrogen-bond acceptors (Lipinski definition) is 2. The number of allylic oxidation sites excluding steroid dienone is 1. The maximum atomic E-state index is 11.6. The number of nitrogens with one attached hydrogen (secondary N) is 2. The van der Waals surface area contributed by atoms with Crippen LogP contribution in [0.4, 0.5) is 0 Å². The standard InChI is InChI=1S/C14H26N2O/c1-5-7-9-12(3)14(17)16-11-8-10-13(6-2)15-4/h7,9,13,15H,3,5-6,8,10-11H2,1-2,4H3,(H,16,17)/b9-7-/t13-/m0/s1. The van der Waals surface area contributed by atoms with Crippen molar-refractivity contribution >= 4 is 5.91 Å². The zero-order valence-electron chi connectivity index (χ0n) is 11.4. The summed E-state index contributed by atoms with van der Waals surface area (Å²) in [4.78, 5) is 11.6. The van der Waals surface area contributed by atoms with Crippen molar-refractivity contribution in [1.82, 2.24) is 10.6 Å². The van der Waals surface area contributed by atoms with E-state index in [4.69, 9.17) is 0 Å². The molecule has 0 rings (SSSR count). The van der Waals surface area contributed by atoms with Gasteiger partial charge in [-0.1, -0.05) is 32.6 Å². The molecule has 3 heteroatoms. The first kappa shape index (κ1) is 15.9. The van der Waals surface area contributed by atoms with Crippen molar-refractivity contribution in [3.8, 4) is 0 Å². The number of rotatable bonds is 9. The van der Waals surface area contributed by atoms with Crippen LogP contribution < -0.4 is 10.6 Å². The highest BCUT2D eigenvalue weighted by molar-refractivity contribution is 5.95. The summed E-state index contributed by atoms with van der Waals surface area (Å²) < 4.78 is 0. The number of hydrogen-bond donors (Lipinski definition) is 2. The van der Waals surface area contributed by atoms with E-state index in [9.17, 15) is 4.79 Å².